The van der Waals surface area contributed by atoms with Gasteiger partial charge < -0.3 is 9.84 Å². The molecule has 1 aromatic heterocycles. The maximum absolute atomic E-state index is 11.7. The first-order valence-electron chi connectivity index (χ1n) is 6.48. The lowest BCUT2D eigenvalue weighted by molar-refractivity contribution is -0.153. The van der Waals surface area contributed by atoms with Crippen LogP contribution in [-0.4, -0.2) is 46.8 Å². The summed E-state index contributed by atoms with van der Waals surface area (Å²) in [5, 5.41) is 9.57. The van der Waals surface area contributed by atoms with E-state index in [9.17, 15) is 9.90 Å². The number of ether oxygens (including phenoxy) is 1. The van der Waals surface area contributed by atoms with Gasteiger partial charge in [-0.25, -0.2) is 0 Å². The molecular formula is C14H20N2O3. The molecule has 1 atom stereocenters. The summed E-state index contributed by atoms with van der Waals surface area (Å²) in [5.74, 6) is -0.805. The summed E-state index contributed by atoms with van der Waals surface area (Å²) < 4.78 is 5.15. The van der Waals surface area contributed by atoms with Crippen LogP contribution in [-0.2, 0) is 16.1 Å². The van der Waals surface area contributed by atoms with E-state index in [1.54, 1.807) is 13.3 Å². The van der Waals surface area contributed by atoms with Crippen LogP contribution >= 0.6 is 0 Å². The molecular weight excluding hydrogens is 244 g/mol. The second kappa shape index (κ2) is 5.67. The van der Waals surface area contributed by atoms with Crippen molar-refractivity contribution in [3.05, 3.63) is 29.6 Å². The molecule has 1 aliphatic rings. The Morgan fingerprint density at radius 2 is 2.42 bits per heavy atom. The highest BCUT2D eigenvalue weighted by Crippen LogP contribution is 2.31. The number of hydrogen-bond donors (Lipinski definition) is 1. The first-order chi connectivity index (χ1) is 9.10. The number of aliphatic carboxylic acids is 1. The fourth-order valence-corrected chi connectivity index (χ4v) is 2.74. The number of aryl methyl sites for hydroxylation is 1. The summed E-state index contributed by atoms with van der Waals surface area (Å²) in [7, 11) is 1.55. The summed E-state index contributed by atoms with van der Waals surface area (Å²) in [4.78, 5) is 18.0. The van der Waals surface area contributed by atoms with Crippen molar-refractivity contribution in [1.29, 1.82) is 0 Å². The second-order valence-corrected chi connectivity index (χ2v) is 5.06. The Morgan fingerprint density at radius 1 is 1.63 bits per heavy atom. The Bertz CT molecular complexity index is 464. The zero-order valence-corrected chi connectivity index (χ0v) is 11.4. The molecule has 0 bridgehead atoms. The average molecular weight is 264 g/mol. The summed E-state index contributed by atoms with van der Waals surface area (Å²) in [6.07, 6.45) is 3.25. The van der Waals surface area contributed by atoms with Gasteiger partial charge in [-0.3, -0.25) is 14.7 Å². The first kappa shape index (κ1) is 14.0. The molecule has 1 fully saturated rings. The van der Waals surface area contributed by atoms with Gasteiger partial charge in [-0.2, -0.15) is 0 Å². The number of carbonyl (C=O) groups is 1. The van der Waals surface area contributed by atoms with Crippen LogP contribution in [0.4, 0.5) is 0 Å². The molecule has 0 spiro atoms. The molecule has 1 unspecified atom stereocenters. The Balaban J connectivity index is 2.23. The van der Waals surface area contributed by atoms with Gasteiger partial charge in [0.1, 0.15) is 5.54 Å². The minimum atomic E-state index is -0.904. The van der Waals surface area contributed by atoms with Crippen LogP contribution in [0.15, 0.2) is 18.3 Å². The molecule has 5 nitrogen and oxygen atoms in total. The fourth-order valence-electron chi connectivity index (χ4n) is 2.74. The molecule has 104 valence electrons. The lowest BCUT2D eigenvalue weighted by Gasteiger charge is -2.34. The van der Waals surface area contributed by atoms with Gasteiger partial charge in [0.05, 0.1) is 12.3 Å². The van der Waals surface area contributed by atoms with Gasteiger partial charge in [-0.15, -0.1) is 0 Å². The maximum Gasteiger partial charge on any atom is 0.326 e. The van der Waals surface area contributed by atoms with Crippen LogP contribution < -0.4 is 0 Å². The molecule has 0 radical (unpaired) electrons. The maximum atomic E-state index is 11.7. The third-order valence-electron chi connectivity index (χ3n) is 3.86. The highest BCUT2D eigenvalue weighted by atomic mass is 16.5. The summed E-state index contributed by atoms with van der Waals surface area (Å²) >= 11 is 0. The topological polar surface area (TPSA) is 62.7 Å². The normalized spacial score (nSPS) is 23.7. The SMILES string of the molecule is COCC1(C(=O)O)CCCN1Cc1ncccc1C. The molecule has 2 heterocycles. The van der Waals surface area contributed by atoms with Gasteiger partial charge >= 0.3 is 5.97 Å². The lowest BCUT2D eigenvalue weighted by atomic mass is 9.97. The number of aromatic nitrogens is 1. The van der Waals surface area contributed by atoms with Crippen LogP contribution in [0.2, 0.25) is 0 Å². The number of carboxylic acid groups (broad SMARTS) is 1. The quantitative estimate of drug-likeness (QED) is 0.872. The van der Waals surface area contributed by atoms with E-state index in [0.29, 0.717) is 13.0 Å². The van der Waals surface area contributed by atoms with Crippen molar-refractivity contribution in [3.8, 4) is 0 Å². The number of hydrogen-bond acceptors (Lipinski definition) is 4. The van der Waals surface area contributed by atoms with Crippen LogP contribution in [0.1, 0.15) is 24.1 Å². The predicted molar refractivity (Wildman–Crippen MR) is 70.9 cm³/mol. The number of methoxy groups -OCH3 is 1. The van der Waals surface area contributed by atoms with Crippen LogP contribution in [0.5, 0.6) is 0 Å². The van der Waals surface area contributed by atoms with Gasteiger partial charge in [-0.05, 0) is 37.9 Å². The fraction of sp³-hybridized carbons (Fsp3) is 0.571. The van der Waals surface area contributed by atoms with Crippen molar-refractivity contribution in [3.63, 3.8) is 0 Å². The smallest absolute Gasteiger partial charge is 0.326 e. The van der Waals surface area contributed by atoms with Crippen LogP contribution in [0.25, 0.3) is 0 Å². The third-order valence-corrected chi connectivity index (χ3v) is 3.86. The summed E-state index contributed by atoms with van der Waals surface area (Å²) in [6.45, 7) is 3.54. The number of nitrogens with zero attached hydrogens (tertiary/aromatic N) is 2. The van der Waals surface area contributed by atoms with Crippen molar-refractivity contribution in [2.24, 2.45) is 0 Å². The molecule has 0 aliphatic carbocycles. The number of pyridine rings is 1. The molecule has 5 heteroatoms. The Labute approximate surface area is 113 Å². The zero-order valence-electron chi connectivity index (χ0n) is 11.4. The molecule has 2 rings (SSSR count). The monoisotopic (exact) mass is 264 g/mol. The van der Waals surface area contributed by atoms with E-state index in [2.05, 4.69) is 4.98 Å². The minimum absolute atomic E-state index is 0.216. The van der Waals surface area contributed by atoms with Gasteiger partial charge in [-0.1, -0.05) is 6.07 Å². The van der Waals surface area contributed by atoms with Crippen molar-refractivity contribution in [2.45, 2.75) is 31.8 Å². The average Bonchev–Trinajstić information content (AvgIpc) is 2.77. The third kappa shape index (κ3) is 2.62. The predicted octanol–water partition coefficient (Wildman–Crippen LogP) is 1.46. The largest absolute Gasteiger partial charge is 0.480 e. The second-order valence-electron chi connectivity index (χ2n) is 5.06. The van der Waals surface area contributed by atoms with E-state index in [1.165, 1.54) is 0 Å². The van der Waals surface area contributed by atoms with Crippen LogP contribution in [0, 0.1) is 6.92 Å². The van der Waals surface area contributed by atoms with E-state index in [-0.39, 0.29) is 6.61 Å². The highest BCUT2D eigenvalue weighted by Gasteiger charge is 2.47. The van der Waals surface area contributed by atoms with E-state index < -0.39 is 11.5 Å². The van der Waals surface area contributed by atoms with Gasteiger partial charge in [0.15, 0.2) is 0 Å². The molecule has 1 saturated heterocycles. The van der Waals surface area contributed by atoms with E-state index in [4.69, 9.17) is 4.74 Å². The molecule has 0 saturated carbocycles. The molecule has 1 N–H and O–H groups in total. The Kier molecular flexibility index (Phi) is 4.17. The zero-order chi connectivity index (χ0) is 13.9. The van der Waals surface area contributed by atoms with Crippen molar-refractivity contribution < 1.29 is 14.6 Å². The standard InChI is InChI=1S/C14H20N2O3/c1-11-5-3-7-15-12(11)9-16-8-4-6-14(16,10-19-2)13(17)18/h3,5,7H,4,6,8-10H2,1-2H3,(H,17,18). The first-order valence-corrected chi connectivity index (χ1v) is 6.48. The van der Waals surface area contributed by atoms with Gasteiger partial charge in [0.25, 0.3) is 0 Å². The highest BCUT2D eigenvalue weighted by molar-refractivity contribution is 5.79. The van der Waals surface area contributed by atoms with Gasteiger partial charge in [0.2, 0.25) is 0 Å². The van der Waals surface area contributed by atoms with Crippen molar-refractivity contribution in [2.75, 3.05) is 20.3 Å². The van der Waals surface area contributed by atoms with E-state index >= 15 is 0 Å². The van der Waals surface area contributed by atoms with Gasteiger partial charge in [0, 0.05) is 19.9 Å². The molecule has 1 aliphatic heterocycles. The lowest BCUT2D eigenvalue weighted by Crippen LogP contribution is -2.53. The molecule has 1 aromatic rings. The number of rotatable bonds is 5. The summed E-state index contributed by atoms with van der Waals surface area (Å²) in [5.41, 5.74) is 1.12. The number of likely N-dealkylation sites (tertiary alicyclic amines) is 1. The molecule has 19 heavy (non-hydrogen) atoms. The molecule has 0 aromatic carbocycles. The van der Waals surface area contributed by atoms with E-state index in [1.807, 2.05) is 24.0 Å². The Morgan fingerprint density at radius 3 is 3.05 bits per heavy atom. The minimum Gasteiger partial charge on any atom is -0.480 e. The summed E-state index contributed by atoms with van der Waals surface area (Å²) in [6, 6.07) is 3.89. The van der Waals surface area contributed by atoms with Crippen molar-refractivity contribution in [1.82, 2.24) is 9.88 Å². The number of carboxylic acids is 1. The molecule has 0 amide bonds. The van der Waals surface area contributed by atoms with E-state index in [0.717, 1.165) is 24.2 Å². The van der Waals surface area contributed by atoms with Crippen LogP contribution in [0.3, 0.4) is 0 Å². The van der Waals surface area contributed by atoms with Crippen molar-refractivity contribution >= 4 is 5.97 Å². The Hall–Kier alpha value is -1.46.